The van der Waals surface area contributed by atoms with Gasteiger partial charge in [0.2, 0.25) is 11.8 Å². The number of aliphatic hydroxyl groups excluding tert-OH is 1. The van der Waals surface area contributed by atoms with Gasteiger partial charge in [-0.1, -0.05) is 143 Å². The van der Waals surface area contributed by atoms with Gasteiger partial charge in [0.25, 0.3) is 0 Å². The summed E-state index contributed by atoms with van der Waals surface area (Å²) in [6.45, 7) is 16.6. The molecule has 0 aliphatic heterocycles. The number of hydrogen-bond acceptors (Lipinski definition) is 4. The second-order valence-corrected chi connectivity index (χ2v) is 15.7. The highest BCUT2D eigenvalue weighted by Crippen LogP contribution is 2.14. The van der Waals surface area contributed by atoms with Crippen molar-refractivity contribution in [1.29, 1.82) is 0 Å². The van der Waals surface area contributed by atoms with Gasteiger partial charge >= 0.3 is 0 Å². The number of carbonyl (C=O) groups excluding carboxylic acids is 2. The number of hydrogen-bond donors (Lipinski definition) is 1. The Morgan fingerprint density at radius 3 is 0.902 bits per heavy atom. The lowest BCUT2D eigenvalue weighted by molar-refractivity contribution is -0.132. The van der Waals surface area contributed by atoms with Crippen molar-refractivity contribution in [1.82, 2.24) is 14.7 Å². The van der Waals surface area contributed by atoms with Gasteiger partial charge in [0.1, 0.15) is 0 Å². The number of rotatable bonds is 41. The van der Waals surface area contributed by atoms with Crippen LogP contribution in [0.2, 0.25) is 0 Å². The van der Waals surface area contributed by atoms with Crippen LogP contribution in [0, 0.1) is 0 Å². The van der Waals surface area contributed by atoms with Crippen molar-refractivity contribution >= 4 is 11.8 Å². The third kappa shape index (κ3) is 33.2. The van der Waals surface area contributed by atoms with Crippen LogP contribution in [0.15, 0.2) is 0 Å². The van der Waals surface area contributed by atoms with Crippen molar-refractivity contribution in [2.45, 2.75) is 227 Å². The van der Waals surface area contributed by atoms with Crippen molar-refractivity contribution in [3.05, 3.63) is 0 Å². The Hall–Kier alpha value is -1.14. The highest BCUT2D eigenvalue weighted by atomic mass is 16.3. The molecule has 0 aliphatic rings. The molecule has 6 heteroatoms. The maximum absolute atomic E-state index is 12.8. The van der Waals surface area contributed by atoms with E-state index in [1.54, 1.807) is 0 Å². The Morgan fingerprint density at radius 2 is 0.588 bits per heavy atom. The quantitative estimate of drug-likeness (QED) is 0.0638. The number of unbranched alkanes of at least 4 members (excludes halogenated alkanes) is 22. The molecule has 0 aliphatic carbocycles. The molecule has 0 aromatic heterocycles. The van der Waals surface area contributed by atoms with E-state index >= 15 is 0 Å². The fourth-order valence-electron chi connectivity index (χ4n) is 7.20. The van der Waals surface area contributed by atoms with Crippen molar-refractivity contribution in [2.75, 3.05) is 52.4 Å². The summed E-state index contributed by atoms with van der Waals surface area (Å²) in [5.41, 5.74) is 0. The molecule has 0 fully saturated rings. The molecule has 2 amide bonds. The zero-order valence-corrected chi connectivity index (χ0v) is 35.2. The minimum absolute atomic E-state index is 0.313. The summed E-state index contributed by atoms with van der Waals surface area (Å²) < 4.78 is 0. The maximum atomic E-state index is 12.8. The zero-order valence-electron chi connectivity index (χ0n) is 35.2. The molecule has 304 valence electrons. The fourth-order valence-corrected chi connectivity index (χ4v) is 7.20. The lowest BCUT2D eigenvalue weighted by atomic mass is 10.1. The fraction of sp³-hybridized carbons (Fsp3) is 0.956. The molecule has 0 aromatic rings. The summed E-state index contributed by atoms with van der Waals surface area (Å²) in [5, 5.41) is 9.22. The highest BCUT2D eigenvalue weighted by Gasteiger charge is 2.14. The van der Waals surface area contributed by atoms with Crippen LogP contribution < -0.4 is 0 Å². The molecule has 0 spiro atoms. The van der Waals surface area contributed by atoms with Gasteiger partial charge in [-0.2, -0.15) is 0 Å². The van der Waals surface area contributed by atoms with Gasteiger partial charge in [-0.05, 0) is 90.3 Å². The van der Waals surface area contributed by atoms with Crippen LogP contribution in [0.3, 0.4) is 0 Å². The van der Waals surface area contributed by atoms with Crippen LogP contribution in [-0.2, 0) is 9.59 Å². The van der Waals surface area contributed by atoms with E-state index in [0.29, 0.717) is 18.4 Å². The Bertz CT molecular complexity index is 679. The second kappa shape index (κ2) is 40.1. The van der Waals surface area contributed by atoms with Gasteiger partial charge in [0.05, 0.1) is 0 Å². The van der Waals surface area contributed by atoms with Crippen LogP contribution in [0.4, 0.5) is 0 Å². The van der Waals surface area contributed by atoms with Gasteiger partial charge in [-0.25, -0.2) is 0 Å². The van der Waals surface area contributed by atoms with E-state index in [9.17, 15) is 14.7 Å². The van der Waals surface area contributed by atoms with Crippen LogP contribution in [0.5, 0.6) is 0 Å². The van der Waals surface area contributed by atoms with Crippen molar-refractivity contribution in [3.8, 4) is 0 Å². The summed E-state index contributed by atoms with van der Waals surface area (Å²) >= 11 is 0. The molecule has 0 aromatic carbocycles. The number of carbonyl (C=O) groups is 2. The van der Waals surface area contributed by atoms with Crippen LogP contribution in [0.25, 0.3) is 0 Å². The average Bonchev–Trinajstić information content (AvgIpc) is 3.13. The largest absolute Gasteiger partial charge is 0.396 e. The SMILES string of the molecule is CCCCCCN(CCCCCCCCN(CCCCCO)CCCCCCCCN(CCCCCC)C(=O)CCCCC)C(=O)CCCCC. The molecule has 51 heavy (non-hydrogen) atoms. The second-order valence-electron chi connectivity index (χ2n) is 15.7. The van der Waals surface area contributed by atoms with Crippen molar-refractivity contribution in [2.24, 2.45) is 0 Å². The molecule has 6 nitrogen and oxygen atoms in total. The zero-order chi connectivity index (χ0) is 37.5. The monoisotopic (exact) mass is 722 g/mol. The van der Waals surface area contributed by atoms with Crippen LogP contribution >= 0.6 is 0 Å². The predicted molar refractivity (Wildman–Crippen MR) is 223 cm³/mol. The number of nitrogens with zero attached hydrogens (tertiary/aromatic N) is 3. The molecule has 0 bridgehead atoms. The van der Waals surface area contributed by atoms with E-state index in [4.69, 9.17) is 0 Å². The summed E-state index contributed by atoms with van der Waals surface area (Å²) in [7, 11) is 0. The first kappa shape index (κ1) is 49.9. The first-order chi connectivity index (χ1) is 25.0. The smallest absolute Gasteiger partial charge is 0.222 e. The summed E-state index contributed by atoms with van der Waals surface area (Å²) in [6, 6.07) is 0. The van der Waals surface area contributed by atoms with Gasteiger partial charge < -0.3 is 19.8 Å². The third-order valence-electron chi connectivity index (χ3n) is 10.7. The van der Waals surface area contributed by atoms with Crippen LogP contribution in [-0.4, -0.2) is 84.0 Å². The molecule has 0 saturated carbocycles. The van der Waals surface area contributed by atoms with Gasteiger partial charge in [-0.15, -0.1) is 0 Å². The third-order valence-corrected chi connectivity index (χ3v) is 10.7. The van der Waals surface area contributed by atoms with E-state index in [2.05, 4.69) is 42.4 Å². The predicted octanol–water partition coefficient (Wildman–Crippen LogP) is 12.1. The molecule has 0 saturated heterocycles. The molecule has 0 rings (SSSR count). The van der Waals surface area contributed by atoms with Crippen LogP contribution in [0.1, 0.15) is 227 Å². The van der Waals surface area contributed by atoms with E-state index in [1.807, 2.05) is 0 Å². The van der Waals surface area contributed by atoms with E-state index in [-0.39, 0.29) is 0 Å². The summed E-state index contributed by atoms with van der Waals surface area (Å²) in [4.78, 5) is 32.7. The van der Waals surface area contributed by atoms with E-state index in [1.165, 1.54) is 142 Å². The first-order valence-electron chi connectivity index (χ1n) is 22.9. The molecular weight excluding hydrogens is 631 g/mol. The van der Waals surface area contributed by atoms with E-state index < -0.39 is 0 Å². The molecule has 1 N–H and O–H groups in total. The van der Waals surface area contributed by atoms with Crippen molar-refractivity contribution < 1.29 is 14.7 Å². The first-order valence-corrected chi connectivity index (χ1v) is 22.9. The summed E-state index contributed by atoms with van der Waals surface area (Å²) in [6.07, 6.45) is 36.5. The maximum Gasteiger partial charge on any atom is 0.222 e. The topological polar surface area (TPSA) is 64.1 Å². The highest BCUT2D eigenvalue weighted by molar-refractivity contribution is 5.76. The Morgan fingerprint density at radius 1 is 0.333 bits per heavy atom. The molecule has 0 atom stereocenters. The standard InChI is InChI=1S/C45H91N3O3/c1-5-9-13-29-39-47(44(50)34-24-11-7-3)41-31-21-17-15-19-26-36-46(38-28-23-33-43-49)37-27-20-16-18-22-32-42-48(40-30-14-10-6-2)45(51)35-25-12-8-4/h49H,5-43H2,1-4H3. The van der Waals surface area contributed by atoms with Gasteiger partial charge in [0.15, 0.2) is 0 Å². The molecular formula is C45H91N3O3. The van der Waals surface area contributed by atoms with Gasteiger partial charge in [0, 0.05) is 45.6 Å². The van der Waals surface area contributed by atoms with Crippen molar-refractivity contribution in [3.63, 3.8) is 0 Å². The minimum Gasteiger partial charge on any atom is -0.396 e. The summed E-state index contributed by atoms with van der Waals surface area (Å²) in [5.74, 6) is 0.778. The molecule has 0 heterocycles. The molecule has 0 unspecified atom stereocenters. The van der Waals surface area contributed by atoms with E-state index in [0.717, 1.165) is 103 Å². The Balaban J connectivity index is 4.33. The average molecular weight is 722 g/mol. The number of amides is 2. The molecule has 0 radical (unpaired) electrons. The minimum atomic E-state index is 0.313. The lowest BCUT2D eigenvalue weighted by Crippen LogP contribution is -2.32. The number of aliphatic hydroxyl groups is 1. The Labute approximate surface area is 319 Å². The van der Waals surface area contributed by atoms with Gasteiger partial charge in [-0.3, -0.25) is 9.59 Å². The Kier molecular flexibility index (Phi) is 39.2. The lowest BCUT2D eigenvalue weighted by Gasteiger charge is -2.23. The normalized spacial score (nSPS) is 11.5.